The molecule has 2 fully saturated rings. The summed E-state index contributed by atoms with van der Waals surface area (Å²) in [6.45, 7) is 5.63. The van der Waals surface area contributed by atoms with Crippen LogP contribution in [-0.4, -0.2) is 50.3 Å². The highest BCUT2D eigenvalue weighted by molar-refractivity contribution is 6.33. The molecule has 0 amide bonds. The van der Waals surface area contributed by atoms with Gasteiger partial charge in [0, 0.05) is 56.4 Å². The third-order valence-corrected chi connectivity index (χ3v) is 5.41. The summed E-state index contributed by atoms with van der Waals surface area (Å²) in [5.41, 5.74) is 8.14. The van der Waals surface area contributed by atoms with Gasteiger partial charge < -0.3 is 20.9 Å². The number of benzene rings is 1. The maximum atomic E-state index is 6.55. The molecule has 2 saturated heterocycles. The van der Waals surface area contributed by atoms with Gasteiger partial charge in [-0.3, -0.25) is 0 Å². The molecule has 0 aliphatic carbocycles. The molecule has 5 nitrogen and oxygen atoms in total. The predicted octanol–water partition coefficient (Wildman–Crippen LogP) is 3.07. The van der Waals surface area contributed by atoms with Crippen molar-refractivity contribution in [3.05, 3.63) is 29.3 Å². The van der Waals surface area contributed by atoms with Crippen molar-refractivity contribution in [2.45, 2.75) is 18.9 Å². The molecule has 2 aliphatic heterocycles. The number of nitrogens with two attached hydrogens (primary N) is 1. The summed E-state index contributed by atoms with van der Waals surface area (Å²) in [5.74, 6) is 0.902. The van der Waals surface area contributed by atoms with E-state index in [4.69, 9.17) is 22.3 Å². The van der Waals surface area contributed by atoms with Crippen LogP contribution in [0.25, 0.3) is 10.9 Å². The molecule has 144 valence electrons. The van der Waals surface area contributed by atoms with Crippen molar-refractivity contribution < 1.29 is 0 Å². The molecule has 1 aromatic heterocycles. The van der Waals surface area contributed by atoms with Crippen LogP contribution in [0.5, 0.6) is 0 Å². The van der Waals surface area contributed by atoms with Crippen molar-refractivity contribution >= 4 is 58.8 Å². The zero-order valence-corrected chi connectivity index (χ0v) is 17.0. The van der Waals surface area contributed by atoms with E-state index < -0.39 is 0 Å². The van der Waals surface area contributed by atoms with Gasteiger partial charge in [-0.2, -0.15) is 0 Å². The number of anilines is 2. The number of nitrogens with one attached hydrogen (secondary N) is 1. The Morgan fingerprint density at radius 1 is 1.15 bits per heavy atom. The van der Waals surface area contributed by atoms with E-state index in [9.17, 15) is 0 Å². The van der Waals surface area contributed by atoms with E-state index in [-0.39, 0.29) is 24.8 Å². The van der Waals surface area contributed by atoms with Crippen LogP contribution in [0.2, 0.25) is 5.02 Å². The molecule has 26 heavy (non-hydrogen) atoms. The fraction of sp³-hybridized carbons (Fsp3) is 0.500. The van der Waals surface area contributed by atoms with Crippen LogP contribution in [-0.2, 0) is 0 Å². The Balaban J connectivity index is 0.00000121. The van der Waals surface area contributed by atoms with E-state index >= 15 is 0 Å². The van der Waals surface area contributed by atoms with Gasteiger partial charge in [0.15, 0.2) is 0 Å². The predicted molar refractivity (Wildman–Crippen MR) is 116 cm³/mol. The number of hydrogen-bond donors (Lipinski definition) is 2. The zero-order chi connectivity index (χ0) is 16.5. The van der Waals surface area contributed by atoms with Gasteiger partial charge in [0.05, 0.1) is 10.5 Å². The smallest absolute Gasteiger partial charge is 0.148 e. The van der Waals surface area contributed by atoms with Crippen molar-refractivity contribution in [3.63, 3.8) is 0 Å². The summed E-state index contributed by atoms with van der Waals surface area (Å²) in [4.78, 5) is 9.50. The van der Waals surface area contributed by atoms with E-state index in [0.29, 0.717) is 12.6 Å². The van der Waals surface area contributed by atoms with Crippen molar-refractivity contribution in [1.82, 2.24) is 10.3 Å². The Labute approximate surface area is 172 Å². The minimum Gasteiger partial charge on any atom is -0.367 e. The van der Waals surface area contributed by atoms with E-state index in [2.05, 4.69) is 39.4 Å². The van der Waals surface area contributed by atoms with Crippen LogP contribution in [0.1, 0.15) is 12.8 Å². The molecule has 1 atom stereocenters. The van der Waals surface area contributed by atoms with Crippen molar-refractivity contribution in [2.24, 2.45) is 5.73 Å². The van der Waals surface area contributed by atoms with Gasteiger partial charge in [-0.25, -0.2) is 4.98 Å². The molecule has 0 bridgehead atoms. The monoisotopic (exact) mass is 417 g/mol. The number of hydrogen-bond acceptors (Lipinski definition) is 5. The molecule has 0 saturated carbocycles. The number of fused-ring (bicyclic) bond motifs is 1. The minimum atomic E-state index is 0. The lowest BCUT2D eigenvalue weighted by atomic mass is 10.1. The molecule has 2 aromatic rings. The maximum Gasteiger partial charge on any atom is 0.148 e. The van der Waals surface area contributed by atoms with Gasteiger partial charge in [-0.15, -0.1) is 24.8 Å². The van der Waals surface area contributed by atoms with E-state index in [1.807, 2.05) is 0 Å². The van der Waals surface area contributed by atoms with Gasteiger partial charge in [-0.1, -0.05) is 11.6 Å². The minimum absolute atomic E-state index is 0. The molecule has 2 aliphatic rings. The number of nitrogens with zero attached hydrogens (tertiary/aromatic N) is 3. The number of pyridine rings is 1. The van der Waals surface area contributed by atoms with Crippen LogP contribution < -0.4 is 20.9 Å². The van der Waals surface area contributed by atoms with Gasteiger partial charge in [-0.05, 0) is 37.1 Å². The molecule has 0 radical (unpaired) electrons. The number of aromatic nitrogens is 1. The highest BCUT2D eigenvalue weighted by Gasteiger charge is 2.24. The van der Waals surface area contributed by atoms with E-state index in [1.165, 1.54) is 18.5 Å². The van der Waals surface area contributed by atoms with Crippen LogP contribution in [0.15, 0.2) is 24.3 Å². The van der Waals surface area contributed by atoms with Crippen LogP contribution in [0, 0.1) is 0 Å². The summed E-state index contributed by atoms with van der Waals surface area (Å²) >= 11 is 6.55. The van der Waals surface area contributed by atoms with E-state index in [1.54, 1.807) is 0 Å². The van der Waals surface area contributed by atoms with E-state index in [0.717, 1.165) is 54.5 Å². The molecule has 1 aromatic carbocycles. The summed E-state index contributed by atoms with van der Waals surface area (Å²) < 4.78 is 0. The van der Waals surface area contributed by atoms with Gasteiger partial charge in [0.1, 0.15) is 5.82 Å². The second kappa shape index (κ2) is 9.29. The molecular weight excluding hydrogens is 393 g/mol. The Bertz CT molecular complexity index is 736. The Hall–Kier alpha value is -0.980. The van der Waals surface area contributed by atoms with Gasteiger partial charge >= 0.3 is 0 Å². The number of rotatable bonds is 3. The largest absolute Gasteiger partial charge is 0.367 e. The third kappa shape index (κ3) is 4.12. The fourth-order valence-corrected chi connectivity index (χ4v) is 4.10. The normalized spacial score (nSPS) is 20.0. The van der Waals surface area contributed by atoms with Crippen LogP contribution in [0.4, 0.5) is 11.5 Å². The summed E-state index contributed by atoms with van der Waals surface area (Å²) in [7, 11) is 0. The molecular formula is C18H26Cl3N5. The number of piperazine rings is 1. The molecule has 4 rings (SSSR count). The van der Waals surface area contributed by atoms with Crippen LogP contribution >= 0.6 is 36.4 Å². The zero-order valence-electron chi connectivity index (χ0n) is 14.7. The molecule has 3 N–H and O–H groups in total. The lowest BCUT2D eigenvalue weighted by Gasteiger charge is -2.29. The third-order valence-electron chi connectivity index (χ3n) is 5.13. The first kappa shape index (κ1) is 21.3. The lowest BCUT2D eigenvalue weighted by molar-refractivity contribution is 0.585. The first-order valence-corrected chi connectivity index (χ1v) is 9.17. The second-order valence-electron chi connectivity index (χ2n) is 6.63. The fourth-order valence-electron chi connectivity index (χ4n) is 3.83. The Morgan fingerprint density at radius 2 is 1.92 bits per heavy atom. The van der Waals surface area contributed by atoms with Crippen molar-refractivity contribution in [3.8, 4) is 0 Å². The molecule has 1 unspecified atom stereocenters. The highest BCUT2D eigenvalue weighted by Crippen LogP contribution is 2.32. The quantitative estimate of drug-likeness (QED) is 0.802. The first-order valence-electron chi connectivity index (χ1n) is 8.79. The Morgan fingerprint density at radius 3 is 2.65 bits per heavy atom. The summed E-state index contributed by atoms with van der Waals surface area (Å²) in [6, 6.07) is 8.98. The standard InChI is InChI=1S/C18H24ClN5.2ClH/c19-16-11-13-10-14(24-7-1-2-15(24)12-20)3-4-17(13)22-18(16)23-8-5-21-6-9-23;;/h3-4,10-11,15,21H,1-2,5-9,12,20H2;2*1H. The molecule has 3 heterocycles. The second-order valence-corrected chi connectivity index (χ2v) is 7.04. The average molecular weight is 419 g/mol. The van der Waals surface area contributed by atoms with Crippen LogP contribution in [0.3, 0.4) is 0 Å². The van der Waals surface area contributed by atoms with Gasteiger partial charge in [0.25, 0.3) is 0 Å². The summed E-state index contributed by atoms with van der Waals surface area (Å²) in [5, 5.41) is 5.19. The summed E-state index contributed by atoms with van der Waals surface area (Å²) in [6.07, 6.45) is 2.39. The van der Waals surface area contributed by atoms with Crippen molar-refractivity contribution in [2.75, 3.05) is 49.1 Å². The highest BCUT2D eigenvalue weighted by atomic mass is 35.5. The topological polar surface area (TPSA) is 57.4 Å². The van der Waals surface area contributed by atoms with Gasteiger partial charge in [0.2, 0.25) is 0 Å². The lowest BCUT2D eigenvalue weighted by Crippen LogP contribution is -2.44. The number of halogens is 3. The Kier molecular flexibility index (Phi) is 7.62. The average Bonchev–Trinajstić information content (AvgIpc) is 3.10. The molecule has 0 spiro atoms. The first-order chi connectivity index (χ1) is 11.8. The molecule has 8 heteroatoms. The van der Waals surface area contributed by atoms with Crippen molar-refractivity contribution in [1.29, 1.82) is 0 Å². The SMILES string of the molecule is Cl.Cl.NCC1CCCN1c1ccc2nc(N3CCNCC3)c(Cl)cc2c1. The maximum absolute atomic E-state index is 6.55.